The van der Waals surface area contributed by atoms with E-state index in [9.17, 15) is 18.4 Å². The average Bonchev–Trinajstić information content (AvgIpc) is 3.20. The zero-order chi connectivity index (χ0) is 23.5. The molecule has 1 heterocycles. The lowest BCUT2D eigenvalue weighted by molar-refractivity contribution is -0.127. The maximum absolute atomic E-state index is 14.7. The van der Waals surface area contributed by atoms with E-state index < -0.39 is 36.2 Å². The van der Waals surface area contributed by atoms with Crippen LogP contribution in [0.15, 0.2) is 47.5 Å². The molecule has 2 amide bonds. The number of hydrogen-bond acceptors (Lipinski definition) is 5. The summed E-state index contributed by atoms with van der Waals surface area (Å²) in [7, 11) is -1.47. The molecule has 3 rings (SSSR count). The minimum absolute atomic E-state index is 0.00395. The number of carbonyl (C=O) groups excluding carboxylic acids is 2. The summed E-state index contributed by atoms with van der Waals surface area (Å²) in [6.45, 7) is -0.369. The van der Waals surface area contributed by atoms with Crippen molar-refractivity contribution in [3.05, 3.63) is 59.2 Å². The van der Waals surface area contributed by atoms with Crippen LogP contribution in [0.1, 0.15) is 4.11 Å². The molecule has 0 unspecified atom stereocenters. The largest absolute Gasteiger partial charge is 0.497 e. The summed E-state index contributed by atoms with van der Waals surface area (Å²) >= 11 is 0. The fourth-order valence-corrected chi connectivity index (χ4v) is 2.78. The Morgan fingerprint density at radius 1 is 1.07 bits per heavy atom. The van der Waals surface area contributed by atoms with Crippen molar-refractivity contribution in [3.63, 3.8) is 0 Å². The quantitative estimate of drug-likeness (QED) is 0.719. The van der Waals surface area contributed by atoms with Gasteiger partial charge in [-0.2, -0.15) is 0 Å². The highest BCUT2D eigenvalue weighted by Gasteiger charge is 2.28. The van der Waals surface area contributed by atoms with Gasteiger partial charge in [0.1, 0.15) is 23.1 Å². The van der Waals surface area contributed by atoms with Crippen molar-refractivity contribution in [2.75, 3.05) is 32.7 Å². The molecule has 152 valence electrons. The number of anilines is 1. The summed E-state index contributed by atoms with van der Waals surface area (Å²) in [6.07, 6.45) is 0. The summed E-state index contributed by atoms with van der Waals surface area (Å²) in [6, 6.07) is 7.66. The molecular formula is C20H18F2N2O5. The predicted molar refractivity (Wildman–Crippen MR) is 100.0 cm³/mol. The van der Waals surface area contributed by atoms with E-state index in [2.05, 4.69) is 15.6 Å². The Balaban J connectivity index is 1.86. The minimum Gasteiger partial charge on any atom is -0.497 e. The molecule has 0 spiro atoms. The summed E-state index contributed by atoms with van der Waals surface area (Å²) < 4.78 is 60.7. The van der Waals surface area contributed by atoms with Crippen LogP contribution in [0.3, 0.4) is 0 Å². The van der Waals surface area contributed by atoms with Gasteiger partial charge in [-0.1, -0.05) is 12.1 Å². The number of ether oxygens (including phenoxy) is 2. The Hall–Kier alpha value is -3.30. The van der Waals surface area contributed by atoms with E-state index in [0.29, 0.717) is 5.56 Å². The Kier molecular flexibility index (Phi) is 5.05. The number of halogens is 2. The second-order valence-corrected chi connectivity index (χ2v) is 5.98. The molecule has 0 radical (unpaired) electrons. The van der Waals surface area contributed by atoms with Crippen molar-refractivity contribution in [3.8, 4) is 16.9 Å². The number of hydrogen-bond donors (Lipinski definition) is 2. The summed E-state index contributed by atoms with van der Waals surface area (Å²) in [4.78, 5) is 28.9. The van der Waals surface area contributed by atoms with Crippen LogP contribution in [-0.4, -0.2) is 39.2 Å². The first-order valence-electron chi connectivity index (χ1n) is 9.82. The molecule has 0 atom stereocenters. The number of nitrogens with one attached hydrogen (secondary N) is 2. The maximum atomic E-state index is 14.7. The molecule has 1 aliphatic heterocycles. The number of benzene rings is 2. The Morgan fingerprint density at radius 2 is 1.76 bits per heavy atom. The fraction of sp³-hybridized carbons (Fsp3) is 0.200. The SMILES string of the molecule is [2H]C([2H])([2H])Oc1cccc(-c2cc(F)c(NC(=O)C3=C(C(=O)NOC)COC3)c(F)c2)c1. The van der Waals surface area contributed by atoms with Crippen molar-refractivity contribution in [1.29, 1.82) is 0 Å². The third-order valence-corrected chi connectivity index (χ3v) is 4.17. The molecule has 0 saturated carbocycles. The zero-order valence-corrected chi connectivity index (χ0v) is 15.2. The first-order valence-corrected chi connectivity index (χ1v) is 8.32. The monoisotopic (exact) mass is 407 g/mol. The van der Waals surface area contributed by atoms with Gasteiger partial charge in [-0.25, -0.2) is 14.3 Å². The lowest BCUT2D eigenvalue weighted by atomic mass is 10.0. The number of hydroxylamine groups is 1. The molecule has 0 fully saturated rings. The first kappa shape index (κ1) is 16.6. The van der Waals surface area contributed by atoms with Gasteiger partial charge in [0, 0.05) is 0 Å². The van der Waals surface area contributed by atoms with E-state index in [4.69, 9.17) is 13.6 Å². The molecule has 9 heteroatoms. The van der Waals surface area contributed by atoms with Gasteiger partial charge in [-0.15, -0.1) is 0 Å². The van der Waals surface area contributed by atoms with Crippen LogP contribution in [0.5, 0.6) is 5.75 Å². The van der Waals surface area contributed by atoms with E-state index in [-0.39, 0.29) is 35.7 Å². The van der Waals surface area contributed by atoms with Crippen molar-refractivity contribution >= 4 is 17.5 Å². The Morgan fingerprint density at radius 3 is 2.41 bits per heavy atom. The van der Waals surface area contributed by atoms with E-state index in [0.717, 1.165) is 12.1 Å². The highest BCUT2D eigenvalue weighted by Crippen LogP contribution is 2.30. The number of rotatable bonds is 6. The first-order chi connectivity index (χ1) is 15.1. The molecule has 2 aromatic rings. The van der Waals surface area contributed by atoms with Gasteiger partial charge < -0.3 is 14.8 Å². The van der Waals surface area contributed by atoms with Gasteiger partial charge >= 0.3 is 0 Å². The summed E-state index contributed by atoms with van der Waals surface area (Å²) in [5, 5.41) is 2.12. The molecule has 2 N–H and O–H groups in total. The average molecular weight is 407 g/mol. The molecule has 0 aliphatic carbocycles. The van der Waals surface area contributed by atoms with Crippen LogP contribution in [0.4, 0.5) is 14.5 Å². The highest BCUT2D eigenvalue weighted by atomic mass is 19.1. The van der Waals surface area contributed by atoms with Crippen molar-refractivity contribution in [2.24, 2.45) is 0 Å². The van der Waals surface area contributed by atoms with E-state index in [1.807, 2.05) is 0 Å². The second kappa shape index (κ2) is 8.80. The topological polar surface area (TPSA) is 85.9 Å². The molecule has 1 aliphatic rings. The third kappa shape index (κ3) is 4.41. The van der Waals surface area contributed by atoms with Crippen molar-refractivity contribution in [1.82, 2.24) is 5.48 Å². The van der Waals surface area contributed by atoms with Crippen LogP contribution in [0.25, 0.3) is 11.1 Å². The molecule has 29 heavy (non-hydrogen) atoms. The predicted octanol–water partition coefficient (Wildman–Crippen LogP) is 2.58. The van der Waals surface area contributed by atoms with Crippen LogP contribution >= 0.6 is 0 Å². The normalized spacial score (nSPS) is 15.3. The molecule has 0 bridgehead atoms. The molecule has 0 aromatic heterocycles. The molecule has 2 aromatic carbocycles. The van der Waals surface area contributed by atoms with E-state index in [1.165, 1.54) is 31.4 Å². The van der Waals surface area contributed by atoms with E-state index >= 15 is 0 Å². The van der Waals surface area contributed by atoms with Crippen molar-refractivity contribution in [2.45, 2.75) is 0 Å². The van der Waals surface area contributed by atoms with Gasteiger partial charge in [-0.05, 0) is 35.4 Å². The van der Waals surface area contributed by atoms with Gasteiger partial charge in [0.25, 0.3) is 11.8 Å². The summed E-state index contributed by atoms with van der Waals surface area (Å²) in [5.41, 5.74) is 1.63. The molecule has 0 saturated heterocycles. The third-order valence-electron chi connectivity index (χ3n) is 4.17. The molecular weight excluding hydrogens is 386 g/mol. The fourth-order valence-electron chi connectivity index (χ4n) is 2.78. The zero-order valence-electron chi connectivity index (χ0n) is 18.2. The van der Waals surface area contributed by atoms with Gasteiger partial charge in [0.15, 0.2) is 0 Å². The van der Waals surface area contributed by atoms with Gasteiger partial charge in [0.2, 0.25) is 0 Å². The lowest BCUT2D eigenvalue weighted by Gasteiger charge is -2.12. The highest BCUT2D eigenvalue weighted by molar-refractivity contribution is 6.10. The van der Waals surface area contributed by atoms with Crippen LogP contribution in [0.2, 0.25) is 0 Å². The van der Waals surface area contributed by atoms with Gasteiger partial charge in [0.05, 0.1) is 42.6 Å². The molecule has 7 nitrogen and oxygen atoms in total. The summed E-state index contributed by atoms with van der Waals surface area (Å²) in [5.74, 6) is -3.75. The Bertz CT molecular complexity index is 1070. The Labute approximate surface area is 169 Å². The minimum atomic E-state index is -2.68. The lowest BCUT2D eigenvalue weighted by Crippen LogP contribution is -2.27. The number of carbonyl (C=O) groups is 2. The maximum Gasteiger partial charge on any atom is 0.273 e. The standard InChI is InChI=1S/C20H18F2N2O5/c1-27-13-5-3-4-11(6-13)12-7-16(21)18(17(22)8-12)23-19(25)14-9-29-10-15(14)20(26)24-28-2/h3-8H,9-10H2,1-2H3,(H,23,25)(H,24,26)/i1D3. The number of methoxy groups -OCH3 is 1. The van der Waals surface area contributed by atoms with Gasteiger partial charge in [-0.3, -0.25) is 14.4 Å². The van der Waals surface area contributed by atoms with Crippen molar-refractivity contribution < 1.29 is 36.8 Å². The van der Waals surface area contributed by atoms with Crippen LogP contribution in [-0.2, 0) is 19.2 Å². The number of amides is 2. The smallest absolute Gasteiger partial charge is 0.273 e. The van der Waals surface area contributed by atoms with Crippen LogP contribution in [0, 0.1) is 11.6 Å². The van der Waals surface area contributed by atoms with Crippen LogP contribution < -0.4 is 15.5 Å². The van der Waals surface area contributed by atoms with E-state index in [1.54, 1.807) is 0 Å². The second-order valence-electron chi connectivity index (χ2n) is 5.98.